The molecule has 3 nitrogen and oxygen atoms in total. The molecule has 1 aliphatic carbocycles. The first-order valence-corrected chi connectivity index (χ1v) is 7.26. The van der Waals surface area contributed by atoms with E-state index < -0.39 is 0 Å². The molecule has 4 atom stereocenters. The van der Waals surface area contributed by atoms with E-state index >= 15 is 0 Å². The van der Waals surface area contributed by atoms with Crippen molar-refractivity contribution in [2.75, 3.05) is 6.54 Å². The summed E-state index contributed by atoms with van der Waals surface area (Å²) in [6.07, 6.45) is 4.77. The zero-order valence-corrected chi connectivity index (χ0v) is 11.1. The molecule has 0 radical (unpaired) electrons. The monoisotopic (exact) mass is 263 g/mol. The Kier molecular flexibility index (Phi) is 3.82. The van der Waals surface area contributed by atoms with E-state index in [-0.39, 0.29) is 11.9 Å². The smallest absolute Gasteiger partial charge is 0.123 e. The van der Waals surface area contributed by atoms with Crippen LogP contribution in [0.2, 0.25) is 0 Å². The quantitative estimate of drug-likeness (QED) is 0.783. The number of hydrazine groups is 1. The Morgan fingerprint density at radius 3 is 2.95 bits per heavy atom. The van der Waals surface area contributed by atoms with Gasteiger partial charge in [0.05, 0.1) is 6.04 Å². The standard InChI is InChI=1S/C15H22FN3/c16-12-5-1-4-11(9-12)15-14-10(7-8-17)3-2-6-13(14)18-19-15/h1,4-5,9-10,13-15,18-19H,2-3,6-8,17H2. The largest absolute Gasteiger partial charge is 0.330 e. The van der Waals surface area contributed by atoms with E-state index in [1.54, 1.807) is 12.1 Å². The van der Waals surface area contributed by atoms with Crippen LogP contribution in [0, 0.1) is 17.7 Å². The molecule has 1 saturated heterocycles. The van der Waals surface area contributed by atoms with Crippen LogP contribution in [-0.2, 0) is 0 Å². The minimum Gasteiger partial charge on any atom is -0.330 e. The molecule has 2 aliphatic rings. The number of hydrogen-bond acceptors (Lipinski definition) is 3. The molecule has 4 N–H and O–H groups in total. The van der Waals surface area contributed by atoms with E-state index in [1.165, 1.54) is 25.3 Å². The predicted octanol–water partition coefficient (Wildman–Crippen LogP) is 2.11. The molecule has 0 amide bonds. The lowest BCUT2D eigenvalue weighted by molar-refractivity contribution is 0.194. The maximum Gasteiger partial charge on any atom is 0.123 e. The van der Waals surface area contributed by atoms with Gasteiger partial charge in [-0.15, -0.1) is 0 Å². The molecule has 4 heteroatoms. The lowest BCUT2D eigenvalue weighted by atomic mass is 9.71. The third kappa shape index (κ3) is 2.53. The summed E-state index contributed by atoms with van der Waals surface area (Å²) in [6, 6.07) is 7.66. The third-order valence-corrected chi connectivity index (χ3v) is 4.65. The van der Waals surface area contributed by atoms with Crippen molar-refractivity contribution in [1.29, 1.82) is 0 Å². The van der Waals surface area contributed by atoms with Gasteiger partial charge in [-0.05, 0) is 55.3 Å². The van der Waals surface area contributed by atoms with Crippen molar-refractivity contribution < 1.29 is 4.39 Å². The molecule has 1 heterocycles. The Morgan fingerprint density at radius 1 is 1.26 bits per heavy atom. The van der Waals surface area contributed by atoms with E-state index in [9.17, 15) is 4.39 Å². The molecular formula is C15H22FN3. The SMILES string of the molecule is NCCC1CCCC2NNC(c3cccc(F)c3)C12. The molecule has 1 aromatic carbocycles. The highest BCUT2D eigenvalue weighted by molar-refractivity contribution is 5.23. The van der Waals surface area contributed by atoms with Gasteiger partial charge >= 0.3 is 0 Å². The topological polar surface area (TPSA) is 50.1 Å². The molecule has 0 aromatic heterocycles. The van der Waals surface area contributed by atoms with Gasteiger partial charge in [0.2, 0.25) is 0 Å². The van der Waals surface area contributed by atoms with Crippen molar-refractivity contribution in [2.45, 2.75) is 37.8 Å². The van der Waals surface area contributed by atoms with E-state index in [2.05, 4.69) is 10.9 Å². The molecule has 1 saturated carbocycles. The lowest BCUT2D eigenvalue weighted by Crippen LogP contribution is -2.37. The van der Waals surface area contributed by atoms with Gasteiger partial charge in [-0.2, -0.15) is 0 Å². The fraction of sp³-hybridized carbons (Fsp3) is 0.600. The fourth-order valence-electron chi connectivity index (χ4n) is 3.84. The number of fused-ring (bicyclic) bond motifs is 1. The molecule has 4 unspecified atom stereocenters. The van der Waals surface area contributed by atoms with Gasteiger partial charge in [-0.25, -0.2) is 9.82 Å². The summed E-state index contributed by atoms with van der Waals surface area (Å²) in [6.45, 7) is 0.740. The highest BCUT2D eigenvalue weighted by Gasteiger charge is 2.43. The molecule has 19 heavy (non-hydrogen) atoms. The van der Waals surface area contributed by atoms with Crippen molar-refractivity contribution in [1.82, 2.24) is 10.9 Å². The minimum atomic E-state index is -0.158. The van der Waals surface area contributed by atoms with E-state index in [0.29, 0.717) is 17.9 Å². The van der Waals surface area contributed by atoms with Gasteiger partial charge in [-0.3, -0.25) is 5.43 Å². The summed E-state index contributed by atoms with van der Waals surface area (Å²) in [7, 11) is 0. The molecule has 1 aromatic rings. The average Bonchev–Trinajstić information content (AvgIpc) is 2.84. The highest BCUT2D eigenvalue weighted by atomic mass is 19.1. The van der Waals surface area contributed by atoms with Gasteiger partial charge in [-0.1, -0.05) is 18.6 Å². The Labute approximate surface area is 113 Å². The summed E-state index contributed by atoms with van der Waals surface area (Å²) in [5.74, 6) is 1.01. The third-order valence-electron chi connectivity index (χ3n) is 4.65. The van der Waals surface area contributed by atoms with Gasteiger partial charge in [0.15, 0.2) is 0 Å². The second-order valence-corrected chi connectivity index (χ2v) is 5.77. The minimum absolute atomic E-state index is 0.158. The van der Waals surface area contributed by atoms with Gasteiger partial charge in [0.25, 0.3) is 0 Å². The molecule has 104 valence electrons. The van der Waals surface area contributed by atoms with Crippen molar-refractivity contribution >= 4 is 0 Å². The van der Waals surface area contributed by atoms with Crippen molar-refractivity contribution in [2.24, 2.45) is 17.6 Å². The van der Waals surface area contributed by atoms with E-state index in [1.807, 2.05) is 6.07 Å². The maximum absolute atomic E-state index is 13.4. The fourth-order valence-corrected chi connectivity index (χ4v) is 3.84. The summed E-state index contributed by atoms with van der Waals surface area (Å²) in [5, 5.41) is 0. The number of halogens is 1. The van der Waals surface area contributed by atoms with Gasteiger partial charge in [0, 0.05) is 6.04 Å². The average molecular weight is 263 g/mol. The summed E-state index contributed by atoms with van der Waals surface area (Å²) < 4.78 is 13.4. The Hall–Kier alpha value is -0.970. The van der Waals surface area contributed by atoms with Crippen LogP contribution in [0.3, 0.4) is 0 Å². The Balaban J connectivity index is 1.85. The number of rotatable bonds is 3. The number of nitrogens with two attached hydrogens (primary N) is 1. The highest BCUT2D eigenvalue weighted by Crippen LogP contribution is 2.42. The van der Waals surface area contributed by atoms with Gasteiger partial charge in [0.1, 0.15) is 5.82 Å². The molecule has 0 spiro atoms. The van der Waals surface area contributed by atoms with Crippen LogP contribution < -0.4 is 16.6 Å². The van der Waals surface area contributed by atoms with Crippen LogP contribution in [-0.4, -0.2) is 12.6 Å². The number of benzene rings is 1. The van der Waals surface area contributed by atoms with Crippen molar-refractivity contribution in [3.63, 3.8) is 0 Å². The first kappa shape index (κ1) is 13.0. The zero-order chi connectivity index (χ0) is 13.2. The second-order valence-electron chi connectivity index (χ2n) is 5.77. The lowest BCUT2D eigenvalue weighted by Gasteiger charge is -2.35. The van der Waals surface area contributed by atoms with Crippen LogP contribution in [0.5, 0.6) is 0 Å². The molecule has 2 fully saturated rings. The summed E-state index contributed by atoms with van der Waals surface area (Å²) >= 11 is 0. The summed E-state index contributed by atoms with van der Waals surface area (Å²) in [4.78, 5) is 0. The molecule has 0 bridgehead atoms. The number of nitrogens with one attached hydrogen (secondary N) is 2. The van der Waals surface area contributed by atoms with Crippen LogP contribution >= 0.6 is 0 Å². The van der Waals surface area contributed by atoms with Crippen LogP contribution in [0.15, 0.2) is 24.3 Å². The zero-order valence-electron chi connectivity index (χ0n) is 11.1. The Bertz CT molecular complexity index is 435. The van der Waals surface area contributed by atoms with Crippen molar-refractivity contribution in [3.05, 3.63) is 35.6 Å². The summed E-state index contributed by atoms with van der Waals surface area (Å²) in [5.41, 5.74) is 13.6. The first-order chi connectivity index (χ1) is 9.29. The Morgan fingerprint density at radius 2 is 2.16 bits per heavy atom. The predicted molar refractivity (Wildman–Crippen MR) is 73.7 cm³/mol. The van der Waals surface area contributed by atoms with E-state index in [4.69, 9.17) is 5.73 Å². The molecule has 1 aliphatic heterocycles. The molecular weight excluding hydrogens is 241 g/mol. The second kappa shape index (κ2) is 5.57. The van der Waals surface area contributed by atoms with Crippen LogP contribution in [0.4, 0.5) is 4.39 Å². The number of hydrogen-bond donors (Lipinski definition) is 3. The first-order valence-electron chi connectivity index (χ1n) is 7.26. The maximum atomic E-state index is 13.4. The molecule has 3 rings (SSSR count). The van der Waals surface area contributed by atoms with Crippen LogP contribution in [0.25, 0.3) is 0 Å². The normalized spacial score (nSPS) is 34.2. The van der Waals surface area contributed by atoms with E-state index in [0.717, 1.165) is 18.5 Å². The van der Waals surface area contributed by atoms with Gasteiger partial charge < -0.3 is 5.73 Å². The van der Waals surface area contributed by atoms with Crippen LogP contribution in [0.1, 0.15) is 37.3 Å². The van der Waals surface area contributed by atoms with Crippen molar-refractivity contribution in [3.8, 4) is 0 Å².